The number of hydrogen-bond donors (Lipinski definition) is 0. The van der Waals surface area contributed by atoms with Crippen molar-refractivity contribution in [3.05, 3.63) is 42.4 Å². The highest BCUT2D eigenvalue weighted by Crippen LogP contribution is 2.27. The zero-order chi connectivity index (χ0) is 18.4. The van der Waals surface area contributed by atoms with Crippen molar-refractivity contribution in [2.75, 3.05) is 18.6 Å². The highest BCUT2D eigenvalue weighted by molar-refractivity contribution is 5.98. The third-order valence-corrected chi connectivity index (χ3v) is 3.01. The maximum Gasteiger partial charge on any atom is 0.422 e. The van der Waals surface area contributed by atoms with Crippen molar-refractivity contribution >= 4 is 17.4 Å². The molecule has 0 radical (unpaired) electrons. The van der Waals surface area contributed by atoms with Gasteiger partial charge in [-0.3, -0.25) is 9.69 Å². The Kier molecular flexibility index (Phi) is 5.92. The van der Waals surface area contributed by atoms with Crippen molar-refractivity contribution in [3.8, 4) is 5.75 Å². The van der Waals surface area contributed by atoms with E-state index in [0.29, 0.717) is 17.3 Å². The molecule has 0 N–H and O–H groups in total. The van der Waals surface area contributed by atoms with Crippen molar-refractivity contribution in [1.29, 1.82) is 0 Å². The number of rotatable bonds is 6. The fraction of sp³-hybridized carbons (Fsp3) is 0.312. The Bertz CT molecular complexity index is 721. The summed E-state index contributed by atoms with van der Waals surface area (Å²) in [7, 11) is 1.50. The molecule has 134 valence electrons. The van der Waals surface area contributed by atoms with E-state index >= 15 is 0 Å². The number of ether oxygens (including phenoxy) is 2. The second-order valence-electron chi connectivity index (χ2n) is 5.02. The molecular formula is C16H16F3N3O3. The molecular weight excluding hydrogens is 339 g/mol. The van der Waals surface area contributed by atoms with Gasteiger partial charge in [0.15, 0.2) is 12.4 Å². The number of carbonyl (C=O) groups is 1. The lowest BCUT2D eigenvalue weighted by molar-refractivity contribution is -0.153. The highest BCUT2D eigenvalue weighted by atomic mass is 19.4. The molecule has 0 saturated heterocycles. The lowest BCUT2D eigenvalue weighted by Crippen LogP contribution is -2.24. The van der Waals surface area contributed by atoms with Crippen molar-refractivity contribution in [2.24, 2.45) is 0 Å². The zero-order valence-electron chi connectivity index (χ0n) is 13.6. The van der Waals surface area contributed by atoms with E-state index in [1.807, 2.05) is 0 Å². The van der Waals surface area contributed by atoms with Gasteiger partial charge in [-0.05, 0) is 30.3 Å². The number of aromatic nitrogens is 2. The van der Waals surface area contributed by atoms with Gasteiger partial charge in [0.25, 0.3) is 0 Å². The summed E-state index contributed by atoms with van der Waals surface area (Å²) in [6.07, 6.45) is -2.92. The van der Waals surface area contributed by atoms with Crippen LogP contribution in [0.5, 0.6) is 5.75 Å². The van der Waals surface area contributed by atoms with Gasteiger partial charge < -0.3 is 9.47 Å². The van der Waals surface area contributed by atoms with Crippen LogP contribution in [0.15, 0.2) is 36.5 Å². The molecule has 0 bridgehead atoms. The normalized spacial score (nSPS) is 11.2. The number of hydrogen-bond acceptors (Lipinski definition) is 5. The number of anilines is 2. The topological polar surface area (TPSA) is 64.5 Å². The molecule has 2 rings (SSSR count). The van der Waals surface area contributed by atoms with Crippen LogP contribution in [0, 0.1) is 0 Å². The summed E-state index contributed by atoms with van der Waals surface area (Å²) < 4.78 is 46.1. The lowest BCUT2D eigenvalue weighted by Gasteiger charge is -2.21. The molecule has 0 aliphatic rings. The summed E-state index contributed by atoms with van der Waals surface area (Å²) in [5.41, 5.74) is 0.439. The Labute approximate surface area is 142 Å². The van der Waals surface area contributed by atoms with Crippen LogP contribution in [0.25, 0.3) is 0 Å². The molecule has 6 nitrogen and oxygen atoms in total. The van der Waals surface area contributed by atoms with Crippen LogP contribution in [-0.4, -0.2) is 35.8 Å². The number of halogens is 3. The quantitative estimate of drug-likeness (QED) is 0.796. The minimum Gasteiger partial charge on any atom is -0.484 e. The first-order valence-corrected chi connectivity index (χ1v) is 7.21. The Morgan fingerprint density at radius 3 is 2.44 bits per heavy atom. The number of methoxy groups -OCH3 is 1. The van der Waals surface area contributed by atoms with Crippen molar-refractivity contribution < 1.29 is 27.4 Å². The van der Waals surface area contributed by atoms with E-state index in [4.69, 9.17) is 4.74 Å². The number of benzene rings is 1. The molecule has 0 aliphatic heterocycles. The van der Waals surface area contributed by atoms with Crippen LogP contribution in [0.4, 0.5) is 24.7 Å². The van der Waals surface area contributed by atoms with Gasteiger partial charge in [-0.2, -0.15) is 13.2 Å². The predicted molar refractivity (Wildman–Crippen MR) is 83.6 cm³/mol. The average molecular weight is 355 g/mol. The van der Waals surface area contributed by atoms with Crippen molar-refractivity contribution in [2.45, 2.75) is 19.7 Å². The van der Waals surface area contributed by atoms with E-state index in [9.17, 15) is 18.0 Å². The average Bonchev–Trinajstić information content (AvgIpc) is 2.54. The monoisotopic (exact) mass is 355 g/mol. The molecule has 9 heteroatoms. The second-order valence-corrected chi connectivity index (χ2v) is 5.02. The first-order valence-electron chi connectivity index (χ1n) is 7.21. The Morgan fingerprint density at radius 1 is 1.20 bits per heavy atom. The first-order chi connectivity index (χ1) is 11.8. The molecule has 0 atom stereocenters. The van der Waals surface area contributed by atoms with Gasteiger partial charge in [-0.15, -0.1) is 0 Å². The maximum atomic E-state index is 12.2. The number of carbonyl (C=O) groups excluding carboxylic acids is 1. The second kappa shape index (κ2) is 7.93. The van der Waals surface area contributed by atoms with Gasteiger partial charge >= 0.3 is 6.18 Å². The summed E-state index contributed by atoms with van der Waals surface area (Å²) in [4.78, 5) is 21.6. The van der Waals surface area contributed by atoms with Gasteiger partial charge in [0, 0.05) is 20.2 Å². The molecule has 1 heterocycles. The fourth-order valence-electron chi connectivity index (χ4n) is 2.04. The SMILES string of the molecule is COCc1nccc(N(C(C)=O)c2ccc(OCC(F)(F)F)cc2)n1. The van der Waals surface area contributed by atoms with Crippen LogP contribution in [0.2, 0.25) is 0 Å². The standard InChI is InChI=1S/C16H16F3N3O3/c1-11(23)22(15-7-8-20-14(21-15)9-24-2)12-3-5-13(6-4-12)25-10-16(17,18)19/h3-8H,9-10H2,1-2H3. The molecule has 2 aromatic rings. The van der Waals surface area contributed by atoms with Gasteiger partial charge in [-0.25, -0.2) is 9.97 Å². The van der Waals surface area contributed by atoms with Crippen molar-refractivity contribution in [1.82, 2.24) is 9.97 Å². The lowest BCUT2D eigenvalue weighted by atomic mass is 10.2. The third-order valence-electron chi connectivity index (χ3n) is 3.01. The molecule has 0 unspecified atom stereocenters. The number of nitrogens with zero attached hydrogens (tertiary/aromatic N) is 3. The molecule has 0 aliphatic carbocycles. The van der Waals surface area contributed by atoms with Crippen LogP contribution in [0.1, 0.15) is 12.7 Å². The third kappa shape index (κ3) is 5.42. The van der Waals surface area contributed by atoms with Crippen LogP contribution >= 0.6 is 0 Å². The van der Waals surface area contributed by atoms with Gasteiger partial charge in [0.2, 0.25) is 5.91 Å². The minimum absolute atomic E-state index is 0.0485. The summed E-state index contributed by atoms with van der Waals surface area (Å²) in [5.74, 6) is 0.466. The van der Waals surface area contributed by atoms with Crippen LogP contribution < -0.4 is 9.64 Å². The van der Waals surface area contributed by atoms with Gasteiger partial charge in [-0.1, -0.05) is 0 Å². The fourth-order valence-corrected chi connectivity index (χ4v) is 2.04. The predicted octanol–water partition coefficient (Wildman–Crippen LogP) is 3.25. The van der Waals surface area contributed by atoms with E-state index in [2.05, 4.69) is 14.7 Å². The van der Waals surface area contributed by atoms with E-state index in [0.717, 1.165) is 0 Å². The van der Waals surface area contributed by atoms with E-state index in [1.54, 1.807) is 6.07 Å². The Balaban J connectivity index is 2.23. The van der Waals surface area contributed by atoms with Gasteiger partial charge in [0.1, 0.15) is 18.2 Å². The Morgan fingerprint density at radius 2 is 1.88 bits per heavy atom. The highest BCUT2D eigenvalue weighted by Gasteiger charge is 2.28. The summed E-state index contributed by atoms with van der Waals surface area (Å²) in [6.45, 7) is 0.158. The molecule has 1 aromatic carbocycles. The molecule has 1 aromatic heterocycles. The number of alkyl halides is 3. The largest absolute Gasteiger partial charge is 0.484 e. The number of amides is 1. The smallest absolute Gasteiger partial charge is 0.422 e. The van der Waals surface area contributed by atoms with Crippen LogP contribution in [0.3, 0.4) is 0 Å². The molecule has 0 saturated carbocycles. The maximum absolute atomic E-state index is 12.2. The van der Waals surface area contributed by atoms with E-state index in [-0.39, 0.29) is 18.3 Å². The molecule has 0 fully saturated rings. The Hall–Kier alpha value is -2.68. The summed E-state index contributed by atoms with van der Waals surface area (Å²) >= 11 is 0. The van der Waals surface area contributed by atoms with Crippen LogP contribution in [-0.2, 0) is 16.1 Å². The molecule has 0 spiro atoms. The van der Waals surface area contributed by atoms with E-state index < -0.39 is 12.8 Å². The summed E-state index contributed by atoms with van der Waals surface area (Å²) in [6, 6.07) is 7.22. The molecule has 1 amide bonds. The van der Waals surface area contributed by atoms with Gasteiger partial charge in [0.05, 0.1) is 5.69 Å². The van der Waals surface area contributed by atoms with E-state index in [1.165, 1.54) is 49.4 Å². The first kappa shape index (κ1) is 18.7. The molecule has 25 heavy (non-hydrogen) atoms. The summed E-state index contributed by atoms with van der Waals surface area (Å²) in [5, 5.41) is 0. The zero-order valence-corrected chi connectivity index (χ0v) is 13.6. The van der Waals surface area contributed by atoms with Crippen molar-refractivity contribution in [3.63, 3.8) is 0 Å². The minimum atomic E-state index is -4.41.